The standard InChI is InChI=1S/C25H28BrN3O2S/c1-19(2)15-29(25(31)27-22-11-6-10-21(26)14-22)18-24(30)28(17-23-12-7-13-32-23)16-20-8-4-3-5-9-20/h3-14,19H,15-18H2,1-2H3,(H,27,31). The van der Waals surface area contributed by atoms with Gasteiger partial charge in [-0.15, -0.1) is 11.3 Å². The quantitative estimate of drug-likeness (QED) is 0.368. The highest BCUT2D eigenvalue weighted by Gasteiger charge is 2.23. The molecule has 0 aliphatic rings. The highest BCUT2D eigenvalue weighted by atomic mass is 79.9. The molecule has 5 nitrogen and oxygen atoms in total. The zero-order valence-electron chi connectivity index (χ0n) is 18.3. The molecule has 0 aliphatic heterocycles. The first kappa shape index (κ1) is 24.0. The fourth-order valence-corrected chi connectivity index (χ4v) is 4.44. The second-order valence-electron chi connectivity index (χ2n) is 8.03. The van der Waals surface area contributed by atoms with E-state index in [4.69, 9.17) is 0 Å². The molecule has 1 heterocycles. The van der Waals surface area contributed by atoms with Crippen molar-refractivity contribution in [1.29, 1.82) is 0 Å². The van der Waals surface area contributed by atoms with Crippen molar-refractivity contribution >= 4 is 44.9 Å². The van der Waals surface area contributed by atoms with Gasteiger partial charge in [0.05, 0.1) is 6.54 Å². The lowest BCUT2D eigenvalue weighted by atomic mass is 10.2. The number of anilines is 1. The maximum absolute atomic E-state index is 13.4. The van der Waals surface area contributed by atoms with Crippen LogP contribution in [0.1, 0.15) is 24.3 Å². The smallest absolute Gasteiger partial charge is 0.322 e. The first-order valence-corrected chi connectivity index (χ1v) is 12.2. The molecular weight excluding hydrogens is 486 g/mol. The summed E-state index contributed by atoms with van der Waals surface area (Å²) in [6.07, 6.45) is 0. The van der Waals surface area contributed by atoms with Crippen LogP contribution in [0.4, 0.5) is 10.5 Å². The first-order valence-electron chi connectivity index (χ1n) is 10.6. The van der Waals surface area contributed by atoms with Gasteiger partial charge in [-0.05, 0) is 41.1 Å². The van der Waals surface area contributed by atoms with Gasteiger partial charge in [0.2, 0.25) is 5.91 Å². The maximum atomic E-state index is 13.4. The molecule has 0 saturated carbocycles. The molecule has 168 valence electrons. The number of halogens is 1. The molecule has 3 aromatic rings. The third-order valence-electron chi connectivity index (χ3n) is 4.77. The lowest BCUT2D eigenvalue weighted by Gasteiger charge is -2.29. The van der Waals surface area contributed by atoms with E-state index in [9.17, 15) is 9.59 Å². The lowest BCUT2D eigenvalue weighted by molar-refractivity contribution is -0.133. The van der Waals surface area contributed by atoms with Gasteiger partial charge in [-0.1, -0.05) is 72.2 Å². The number of nitrogens with one attached hydrogen (secondary N) is 1. The topological polar surface area (TPSA) is 52.7 Å². The van der Waals surface area contributed by atoms with Gasteiger partial charge in [0, 0.05) is 28.1 Å². The molecule has 0 atom stereocenters. The summed E-state index contributed by atoms with van der Waals surface area (Å²) in [6, 6.07) is 21.1. The monoisotopic (exact) mass is 513 g/mol. The molecule has 0 radical (unpaired) electrons. The molecule has 1 N–H and O–H groups in total. The largest absolute Gasteiger partial charge is 0.332 e. The molecule has 7 heteroatoms. The Bertz CT molecular complexity index is 1010. The van der Waals surface area contributed by atoms with Gasteiger partial charge in [0.1, 0.15) is 6.54 Å². The summed E-state index contributed by atoms with van der Waals surface area (Å²) in [5, 5.41) is 4.93. The highest BCUT2D eigenvalue weighted by molar-refractivity contribution is 9.10. The predicted molar refractivity (Wildman–Crippen MR) is 135 cm³/mol. The number of urea groups is 1. The van der Waals surface area contributed by atoms with E-state index in [1.165, 1.54) is 0 Å². The fourth-order valence-electron chi connectivity index (χ4n) is 3.32. The minimum absolute atomic E-state index is 0.0240. The summed E-state index contributed by atoms with van der Waals surface area (Å²) < 4.78 is 0.881. The fraction of sp³-hybridized carbons (Fsp3) is 0.280. The van der Waals surface area contributed by atoms with Crippen molar-refractivity contribution < 1.29 is 9.59 Å². The van der Waals surface area contributed by atoms with E-state index < -0.39 is 0 Å². The van der Waals surface area contributed by atoms with E-state index in [1.807, 2.05) is 90.9 Å². The van der Waals surface area contributed by atoms with Crippen molar-refractivity contribution in [2.24, 2.45) is 5.92 Å². The van der Waals surface area contributed by atoms with Crippen molar-refractivity contribution in [2.75, 3.05) is 18.4 Å². The summed E-state index contributed by atoms with van der Waals surface area (Å²) in [7, 11) is 0. The van der Waals surface area contributed by atoms with E-state index in [0.29, 0.717) is 25.3 Å². The lowest BCUT2D eigenvalue weighted by Crippen LogP contribution is -2.45. The SMILES string of the molecule is CC(C)CN(CC(=O)N(Cc1ccccc1)Cc1cccs1)C(=O)Nc1cccc(Br)c1. The molecule has 1 aromatic heterocycles. The van der Waals surface area contributed by atoms with Crippen LogP contribution < -0.4 is 5.32 Å². The van der Waals surface area contributed by atoms with E-state index in [2.05, 4.69) is 21.2 Å². The molecule has 3 rings (SSSR count). The predicted octanol–water partition coefficient (Wildman–Crippen LogP) is 6.23. The number of benzene rings is 2. The number of hydrogen-bond acceptors (Lipinski definition) is 3. The molecule has 0 unspecified atom stereocenters. The molecule has 3 amide bonds. The van der Waals surface area contributed by atoms with Crippen LogP contribution >= 0.6 is 27.3 Å². The van der Waals surface area contributed by atoms with Gasteiger partial charge in [-0.3, -0.25) is 4.79 Å². The van der Waals surface area contributed by atoms with Crippen LogP contribution in [0.2, 0.25) is 0 Å². The first-order chi connectivity index (χ1) is 15.4. The molecule has 0 spiro atoms. The van der Waals surface area contributed by atoms with Gasteiger partial charge in [0.25, 0.3) is 0 Å². The van der Waals surface area contributed by atoms with E-state index in [1.54, 1.807) is 16.2 Å². The van der Waals surface area contributed by atoms with E-state index in [0.717, 1.165) is 14.9 Å². The van der Waals surface area contributed by atoms with Crippen molar-refractivity contribution in [3.8, 4) is 0 Å². The number of amides is 3. The average Bonchev–Trinajstić information content (AvgIpc) is 3.26. The third-order valence-corrected chi connectivity index (χ3v) is 6.12. The van der Waals surface area contributed by atoms with Gasteiger partial charge in [0.15, 0.2) is 0 Å². The average molecular weight is 514 g/mol. The van der Waals surface area contributed by atoms with Crippen molar-refractivity contribution in [3.05, 3.63) is 87.0 Å². The van der Waals surface area contributed by atoms with Crippen molar-refractivity contribution in [3.63, 3.8) is 0 Å². The van der Waals surface area contributed by atoms with Crippen LogP contribution in [-0.2, 0) is 17.9 Å². The number of thiophene rings is 1. The third kappa shape index (κ3) is 7.50. The summed E-state index contributed by atoms with van der Waals surface area (Å²) in [6.45, 7) is 5.61. The minimum atomic E-state index is -0.277. The van der Waals surface area contributed by atoms with Crippen molar-refractivity contribution in [2.45, 2.75) is 26.9 Å². The summed E-state index contributed by atoms with van der Waals surface area (Å²) in [5.74, 6) is 0.156. The minimum Gasteiger partial charge on any atom is -0.332 e. The van der Waals surface area contributed by atoms with Crippen LogP contribution in [0, 0.1) is 5.92 Å². The molecule has 32 heavy (non-hydrogen) atoms. The Morgan fingerprint density at radius 3 is 2.41 bits per heavy atom. The summed E-state index contributed by atoms with van der Waals surface area (Å²) >= 11 is 5.05. The van der Waals surface area contributed by atoms with Gasteiger partial charge >= 0.3 is 6.03 Å². The van der Waals surface area contributed by atoms with Gasteiger partial charge < -0.3 is 15.1 Å². The number of rotatable bonds is 9. The highest BCUT2D eigenvalue weighted by Crippen LogP contribution is 2.18. The number of carbonyl (C=O) groups excluding carboxylic acids is 2. The zero-order chi connectivity index (χ0) is 22.9. The summed E-state index contributed by atoms with van der Waals surface area (Å²) in [5.41, 5.74) is 1.75. The molecule has 2 aromatic carbocycles. The van der Waals surface area contributed by atoms with Crippen LogP contribution in [0.15, 0.2) is 76.6 Å². The van der Waals surface area contributed by atoms with Crippen LogP contribution in [-0.4, -0.2) is 34.8 Å². The summed E-state index contributed by atoms with van der Waals surface area (Å²) in [4.78, 5) is 30.9. The number of hydrogen-bond donors (Lipinski definition) is 1. The molecule has 0 saturated heterocycles. The van der Waals surface area contributed by atoms with E-state index in [-0.39, 0.29) is 24.4 Å². The Kier molecular flexibility index (Phi) is 8.88. The Balaban J connectivity index is 1.75. The molecule has 0 bridgehead atoms. The second-order valence-corrected chi connectivity index (χ2v) is 9.98. The van der Waals surface area contributed by atoms with Crippen molar-refractivity contribution in [1.82, 2.24) is 9.80 Å². The number of carbonyl (C=O) groups is 2. The van der Waals surface area contributed by atoms with Crippen LogP contribution in [0.5, 0.6) is 0 Å². The normalized spacial score (nSPS) is 10.8. The molecular formula is C25H28BrN3O2S. The van der Waals surface area contributed by atoms with Gasteiger partial charge in [-0.2, -0.15) is 0 Å². The second kappa shape index (κ2) is 11.8. The Hall–Kier alpha value is -2.64. The van der Waals surface area contributed by atoms with E-state index >= 15 is 0 Å². The number of nitrogens with zero attached hydrogens (tertiary/aromatic N) is 2. The zero-order valence-corrected chi connectivity index (χ0v) is 20.7. The van der Waals surface area contributed by atoms with Crippen LogP contribution in [0.3, 0.4) is 0 Å². The molecule has 0 fully saturated rings. The Morgan fingerprint density at radius 1 is 0.969 bits per heavy atom. The van der Waals surface area contributed by atoms with Crippen LogP contribution in [0.25, 0.3) is 0 Å². The maximum Gasteiger partial charge on any atom is 0.322 e. The Morgan fingerprint density at radius 2 is 1.75 bits per heavy atom. The molecule has 0 aliphatic carbocycles. The van der Waals surface area contributed by atoms with Gasteiger partial charge in [-0.25, -0.2) is 4.79 Å². The Labute approximate surface area is 202 Å².